The van der Waals surface area contributed by atoms with Gasteiger partial charge in [0.15, 0.2) is 0 Å². The van der Waals surface area contributed by atoms with Crippen molar-refractivity contribution in [1.82, 2.24) is 0 Å². The molecule has 0 unspecified atom stereocenters. The van der Waals surface area contributed by atoms with Crippen molar-refractivity contribution in [1.29, 1.82) is 0 Å². The summed E-state index contributed by atoms with van der Waals surface area (Å²) < 4.78 is 4.88. The molecule has 0 aromatic heterocycles. The van der Waals surface area contributed by atoms with Crippen LogP contribution in [0.5, 0.6) is 0 Å². The highest BCUT2D eigenvalue weighted by atomic mass is 16.5. The molecule has 0 aromatic carbocycles. The Bertz CT molecular complexity index is 667. The third-order valence-corrected chi connectivity index (χ3v) is 7.08. The fourth-order valence-corrected chi connectivity index (χ4v) is 1.89. The van der Waals surface area contributed by atoms with Crippen LogP contribution in [0.3, 0.4) is 0 Å². The number of hydrogen-bond donors (Lipinski definition) is 14. The normalized spacial score (nSPS) is 11.2. The van der Waals surface area contributed by atoms with Gasteiger partial charge < -0.3 is 76.2 Å². The lowest BCUT2D eigenvalue weighted by Crippen LogP contribution is -2.37. The summed E-state index contributed by atoms with van der Waals surface area (Å²) in [7, 11) is 0. The van der Waals surface area contributed by atoms with E-state index in [0.717, 1.165) is 0 Å². The van der Waals surface area contributed by atoms with E-state index in [2.05, 4.69) is 13.2 Å². The van der Waals surface area contributed by atoms with E-state index >= 15 is 0 Å². The lowest BCUT2D eigenvalue weighted by molar-refractivity contribution is -0.145. The molecule has 284 valence electrons. The molecule has 0 aliphatic carbocycles. The predicted octanol–water partition coefficient (Wildman–Crippen LogP) is -3.62. The number of rotatable bonds is 19. The van der Waals surface area contributed by atoms with E-state index in [4.69, 9.17) is 76.2 Å². The zero-order valence-corrected chi connectivity index (χ0v) is 28.2. The SMILES string of the molecule is C=C(C)C(=O)O.C=C(C)C(=O)OCC(CC)(CO)CO.CCC(CO)(CO)CO.OCC(CO)(CO)CO.OCC(CO)(CO)CO. The van der Waals surface area contributed by atoms with E-state index in [-0.39, 0.29) is 45.2 Å². The minimum atomic E-state index is -1.11. The van der Waals surface area contributed by atoms with Gasteiger partial charge in [0.05, 0.1) is 102 Å². The highest BCUT2D eigenvalue weighted by Crippen LogP contribution is 2.21. The highest BCUT2D eigenvalue weighted by Gasteiger charge is 2.29. The van der Waals surface area contributed by atoms with Gasteiger partial charge in [-0.1, -0.05) is 27.0 Å². The van der Waals surface area contributed by atoms with Crippen molar-refractivity contribution in [3.8, 4) is 0 Å². The van der Waals surface area contributed by atoms with E-state index in [1.54, 1.807) is 6.92 Å². The Balaban J connectivity index is -0.000000161. The minimum Gasteiger partial charge on any atom is -0.478 e. The summed E-state index contributed by atoms with van der Waals surface area (Å²) in [4.78, 5) is 20.7. The molecule has 47 heavy (non-hydrogen) atoms. The second-order valence-corrected chi connectivity index (χ2v) is 11.2. The van der Waals surface area contributed by atoms with E-state index < -0.39 is 86.5 Å². The number of aliphatic hydroxyl groups excluding tert-OH is 13. The van der Waals surface area contributed by atoms with Gasteiger partial charge in [-0.2, -0.15) is 0 Å². The molecule has 0 bridgehead atoms. The molecule has 0 saturated heterocycles. The van der Waals surface area contributed by atoms with Crippen LogP contribution in [0.25, 0.3) is 0 Å². The summed E-state index contributed by atoms with van der Waals surface area (Å²) in [5, 5.41) is 120. The first-order valence-corrected chi connectivity index (χ1v) is 14.5. The average molecular weight is 695 g/mol. The molecule has 0 amide bonds. The predicted molar refractivity (Wildman–Crippen MR) is 171 cm³/mol. The molecule has 0 aliphatic rings. The number of ether oxygens (including phenoxy) is 1. The van der Waals surface area contributed by atoms with Gasteiger partial charge in [-0.05, 0) is 26.7 Å². The van der Waals surface area contributed by atoms with Gasteiger partial charge in [0.25, 0.3) is 0 Å². The molecule has 14 N–H and O–H groups in total. The highest BCUT2D eigenvalue weighted by molar-refractivity contribution is 5.87. The van der Waals surface area contributed by atoms with Crippen molar-refractivity contribution < 1.29 is 85.8 Å². The molecule has 0 fully saturated rings. The maximum absolute atomic E-state index is 11.1. The number of aliphatic hydroxyl groups is 13. The van der Waals surface area contributed by atoms with Crippen LogP contribution in [0.1, 0.15) is 40.5 Å². The molecule has 0 aromatic rings. The molecule has 0 atom stereocenters. The van der Waals surface area contributed by atoms with Gasteiger partial charge in [0.1, 0.15) is 6.61 Å². The quantitative estimate of drug-likeness (QED) is 0.0458. The van der Waals surface area contributed by atoms with Crippen molar-refractivity contribution in [2.75, 3.05) is 92.5 Å². The van der Waals surface area contributed by atoms with Gasteiger partial charge in [-0.3, -0.25) is 0 Å². The second kappa shape index (κ2) is 31.2. The molecule has 0 rings (SSSR count). The number of hydrogen-bond acceptors (Lipinski definition) is 16. The van der Waals surface area contributed by atoms with Gasteiger partial charge in [-0.15, -0.1) is 0 Å². The zero-order valence-electron chi connectivity index (χ0n) is 28.2. The van der Waals surface area contributed by atoms with Crippen molar-refractivity contribution >= 4 is 11.9 Å². The Morgan fingerprint density at radius 2 is 0.681 bits per heavy atom. The first-order valence-electron chi connectivity index (χ1n) is 14.5. The smallest absolute Gasteiger partial charge is 0.333 e. The average Bonchev–Trinajstić information content (AvgIpc) is 3.10. The number of carboxylic acids is 1. The fraction of sp³-hybridized carbons (Fsp3) is 0.800. The molecule has 17 nitrogen and oxygen atoms in total. The summed E-state index contributed by atoms with van der Waals surface area (Å²) in [6.45, 7) is 9.12. The molecule has 0 aliphatic heterocycles. The summed E-state index contributed by atoms with van der Waals surface area (Å²) in [5.74, 6) is -1.43. The largest absolute Gasteiger partial charge is 0.478 e. The van der Waals surface area contributed by atoms with Crippen LogP contribution in [-0.4, -0.2) is 176 Å². The lowest BCUT2D eigenvalue weighted by Gasteiger charge is -2.27. The van der Waals surface area contributed by atoms with Crippen molar-refractivity contribution in [3.05, 3.63) is 24.3 Å². The van der Waals surface area contributed by atoms with Gasteiger partial charge in [0, 0.05) is 16.6 Å². The lowest BCUT2D eigenvalue weighted by atomic mass is 9.88. The number of aliphatic carboxylic acids is 1. The Morgan fingerprint density at radius 3 is 0.766 bits per heavy atom. The Morgan fingerprint density at radius 1 is 0.468 bits per heavy atom. The maximum atomic E-state index is 11.1. The van der Waals surface area contributed by atoms with Crippen molar-refractivity contribution in [3.63, 3.8) is 0 Å². The zero-order chi connectivity index (χ0) is 38.3. The third-order valence-electron chi connectivity index (χ3n) is 7.08. The van der Waals surface area contributed by atoms with Crippen LogP contribution in [0.15, 0.2) is 24.3 Å². The van der Waals surface area contributed by atoms with E-state index in [9.17, 15) is 9.59 Å². The summed E-state index contributed by atoms with van der Waals surface area (Å²) in [5.41, 5.74) is -3.13. The van der Waals surface area contributed by atoms with Crippen LogP contribution in [0, 0.1) is 21.7 Å². The fourth-order valence-electron chi connectivity index (χ4n) is 1.89. The standard InChI is InChI=1S/C10H18O4.C6H14O3.2C5H12O4.C4H6O2/c1-4-10(5-11,6-12)7-14-9(13)8(2)3;1-2-6(3-7,4-8)5-9;2*6-1-5(2-7,3-8)4-9;1-3(2)4(5)6/h11-12H,2,4-7H2,1,3H3;7-9H,2-5H2,1H3;2*6-9H,1-4H2;1H2,2H3,(H,5,6). The Kier molecular flexibility index (Phi) is 36.1. The molecular formula is C30H62O17. The second-order valence-electron chi connectivity index (χ2n) is 11.2. The first kappa shape index (κ1) is 54.4. The number of esters is 1. The van der Waals surface area contributed by atoms with Crippen molar-refractivity contribution in [2.24, 2.45) is 21.7 Å². The van der Waals surface area contributed by atoms with Crippen LogP contribution in [0.4, 0.5) is 0 Å². The van der Waals surface area contributed by atoms with Gasteiger partial charge in [-0.25, -0.2) is 9.59 Å². The summed E-state index contributed by atoms with van der Waals surface area (Å²) >= 11 is 0. The first-order chi connectivity index (χ1) is 21.9. The van der Waals surface area contributed by atoms with Gasteiger partial charge in [0.2, 0.25) is 0 Å². The molecule has 0 saturated carbocycles. The Hall–Kier alpha value is -2.10. The van der Waals surface area contributed by atoms with Crippen molar-refractivity contribution in [2.45, 2.75) is 40.5 Å². The minimum absolute atomic E-state index is 0.0161. The van der Waals surface area contributed by atoms with Gasteiger partial charge >= 0.3 is 11.9 Å². The van der Waals surface area contributed by atoms with Crippen LogP contribution in [-0.2, 0) is 14.3 Å². The van der Waals surface area contributed by atoms with E-state index in [1.165, 1.54) is 6.92 Å². The number of carbonyl (C=O) groups is 2. The van der Waals surface area contributed by atoms with Crippen LogP contribution in [0.2, 0.25) is 0 Å². The van der Waals surface area contributed by atoms with Crippen LogP contribution < -0.4 is 0 Å². The third kappa shape index (κ3) is 23.8. The van der Waals surface area contributed by atoms with E-state index in [1.807, 2.05) is 13.8 Å². The number of carboxylic acid groups (broad SMARTS) is 1. The van der Waals surface area contributed by atoms with Crippen LogP contribution >= 0.6 is 0 Å². The molecule has 0 spiro atoms. The molecule has 17 heteroatoms. The molecular weight excluding hydrogens is 632 g/mol. The summed E-state index contributed by atoms with van der Waals surface area (Å²) in [6, 6.07) is 0. The van der Waals surface area contributed by atoms with E-state index in [0.29, 0.717) is 18.4 Å². The maximum Gasteiger partial charge on any atom is 0.333 e. The topological polar surface area (TPSA) is 327 Å². The number of carbonyl (C=O) groups excluding carboxylic acids is 1. The monoisotopic (exact) mass is 694 g/mol. The molecule has 0 heterocycles. The molecule has 0 radical (unpaired) electrons. The Labute approximate surface area is 277 Å². The summed E-state index contributed by atoms with van der Waals surface area (Å²) in [6.07, 6.45) is 1.14.